The van der Waals surface area contributed by atoms with Crippen molar-refractivity contribution in [1.29, 1.82) is 0 Å². The summed E-state index contributed by atoms with van der Waals surface area (Å²) in [5, 5.41) is 9.00. The maximum Gasteiger partial charge on any atom is 0.143 e. The number of hydrogen-bond donors (Lipinski definition) is 0. The Hall–Kier alpha value is -6.78. The third-order valence-electron chi connectivity index (χ3n) is 10.6. The number of rotatable bonds is 3. The summed E-state index contributed by atoms with van der Waals surface area (Å²) in [6.07, 6.45) is 1.92. The lowest BCUT2D eigenvalue weighted by Gasteiger charge is -2.14. The molecule has 4 nitrogen and oxygen atoms in total. The second kappa shape index (κ2) is 10.9. The van der Waals surface area contributed by atoms with Gasteiger partial charge in [0.25, 0.3) is 0 Å². The maximum atomic E-state index is 6.56. The van der Waals surface area contributed by atoms with Gasteiger partial charge >= 0.3 is 0 Å². The number of nitrogens with zero attached hydrogens (tertiary/aromatic N) is 2. The number of aryl methyl sites for hydroxylation is 2. The van der Waals surface area contributed by atoms with Crippen molar-refractivity contribution in [2.75, 3.05) is 0 Å². The molecule has 0 unspecified atom stereocenters. The van der Waals surface area contributed by atoms with Crippen molar-refractivity contribution >= 4 is 76.5 Å². The van der Waals surface area contributed by atoms with Crippen molar-refractivity contribution in [1.82, 2.24) is 9.97 Å². The first-order valence-electron chi connectivity index (χ1n) is 17.6. The van der Waals surface area contributed by atoms with Crippen LogP contribution in [0.5, 0.6) is 0 Å². The van der Waals surface area contributed by atoms with E-state index in [1.54, 1.807) is 0 Å². The van der Waals surface area contributed by atoms with Crippen LogP contribution in [0.15, 0.2) is 155 Å². The zero-order chi connectivity index (χ0) is 34.5. The number of hydrogen-bond acceptors (Lipinski definition) is 4. The fraction of sp³-hybridized carbons (Fsp3) is 0.0417. The van der Waals surface area contributed by atoms with Crippen LogP contribution in [0.3, 0.4) is 0 Å². The molecule has 3 heterocycles. The molecule has 0 bridgehead atoms. The minimum Gasteiger partial charge on any atom is -0.455 e. The molecule has 4 heteroatoms. The molecule has 11 rings (SSSR count). The topological polar surface area (TPSA) is 52.1 Å². The Morgan fingerprint density at radius 2 is 0.904 bits per heavy atom. The van der Waals surface area contributed by atoms with E-state index in [1.807, 2.05) is 30.5 Å². The second-order valence-corrected chi connectivity index (χ2v) is 13.9. The van der Waals surface area contributed by atoms with Gasteiger partial charge in [-0.1, -0.05) is 120 Å². The third kappa shape index (κ3) is 4.28. The second-order valence-electron chi connectivity index (χ2n) is 13.9. The van der Waals surface area contributed by atoms with Crippen LogP contribution in [-0.4, -0.2) is 9.97 Å². The Bertz CT molecular complexity index is 3140. The van der Waals surface area contributed by atoms with E-state index in [4.69, 9.17) is 18.8 Å². The SMILES string of the molecule is Cc1ccc2c(c1)c1cc(C)ccc1c1nc(-c3cc(-c4cccc5c4oc4ccccc45)cc(-c4cccc5c4oc4ccccc45)c3)cnc21. The van der Waals surface area contributed by atoms with E-state index in [0.717, 1.165) is 99.2 Å². The zero-order valence-corrected chi connectivity index (χ0v) is 28.6. The van der Waals surface area contributed by atoms with Crippen LogP contribution < -0.4 is 0 Å². The number of furan rings is 2. The Balaban J connectivity index is 1.21. The normalized spacial score (nSPS) is 12.0. The molecular formula is C48H30N2O2. The van der Waals surface area contributed by atoms with Crippen molar-refractivity contribution in [3.8, 4) is 33.5 Å². The van der Waals surface area contributed by atoms with Gasteiger partial charge in [0.05, 0.1) is 22.9 Å². The summed E-state index contributed by atoms with van der Waals surface area (Å²) in [7, 11) is 0. The van der Waals surface area contributed by atoms with E-state index >= 15 is 0 Å². The molecule has 3 aromatic heterocycles. The molecule has 0 fully saturated rings. The van der Waals surface area contributed by atoms with Gasteiger partial charge in [0.1, 0.15) is 22.3 Å². The quantitative estimate of drug-likeness (QED) is 0.176. The van der Waals surface area contributed by atoms with Gasteiger partial charge in [-0.05, 0) is 66.1 Å². The number of benzene rings is 8. The van der Waals surface area contributed by atoms with E-state index < -0.39 is 0 Å². The molecule has 0 aliphatic rings. The minimum atomic E-state index is 0.803. The molecule has 244 valence electrons. The first kappa shape index (κ1) is 29.0. The monoisotopic (exact) mass is 666 g/mol. The molecule has 52 heavy (non-hydrogen) atoms. The summed E-state index contributed by atoms with van der Waals surface area (Å²) in [5.41, 5.74) is 13.6. The van der Waals surface area contributed by atoms with E-state index in [-0.39, 0.29) is 0 Å². The highest BCUT2D eigenvalue weighted by molar-refractivity contribution is 6.23. The van der Waals surface area contributed by atoms with Crippen molar-refractivity contribution in [2.45, 2.75) is 13.8 Å². The number of para-hydroxylation sites is 4. The third-order valence-corrected chi connectivity index (χ3v) is 10.6. The van der Waals surface area contributed by atoms with Crippen LogP contribution in [0.4, 0.5) is 0 Å². The summed E-state index contributed by atoms with van der Waals surface area (Å²) in [4.78, 5) is 10.6. The summed E-state index contributed by atoms with van der Waals surface area (Å²) >= 11 is 0. The van der Waals surface area contributed by atoms with Crippen molar-refractivity contribution in [2.24, 2.45) is 0 Å². The van der Waals surface area contributed by atoms with Crippen molar-refractivity contribution < 1.29 is 8.83 Å². The molecule has 0 atom stereocenters. The predicted molar refractivity (Wildman–Crippen MR) is 215 cm³/mol. The maximum absolute atomic E-state index is 6.56. The van der Waals surface area contributed by atoms with Crippen molar-refractivity contribution in [3.05, 3.63) is 157 Å². The van der Waals surface area contributed by atoms with Gasteiger partial charge in [-0.25, -0.2) is 4.98 Å². The van der Waals surface area contributed by atoms with Gasteiger partial charge in [0, 0.05) is 49.0 Å². The average molecular weight is 667 g/mol. The average Bonchev–Trinajstić information content (AvgIpc) is 3.76. The first-order chi connectivity index (χ1) is 25.6. The fourth-order valence-electron chi connectivity index (χ4n) is 8.12. The van der Waals surface area contributed by atoms with Crippen LogP contribution in [0.1, 0.15) is 11.1 Å². The molecule has 0 N–H and O–H groups in total. The molecule has 0 saturated carbocycles. The Labute approximate surface area is 298 Å². The Morgan fingerprint density at radius 1 is 0.404 bits per heavy atom. The lowest BCUT2D eigenvalue weighted by Crippen LogP contribution is -1.94. The van der Waals surface area contributed by atoms with Gasteiger partial charge in [0.15, 0.2) is 0 Å². The number of fused-ring (bicyclic) bond motifs is 12. The van der Waals surface area contributed by atoms with Crippen LogP contribution in [0.25, 0.3) is 110 Å². The van der Waals surface area contributed by atoms with Gasteiger partial charge in [-0.3, -0.25) is 4.98 Å². The summed E-state index contributed by atoms with van der Waals surface area (Å²) in [6.45, 7) is 4.29. The van der Waals surface area contributed by atoms with Gasteiger partial charge in [0.2, 0.25) is 0 Å². The van der Waals surface area contributed by atoms with Crippen LogP contribution in [0, 0.1) is 13.8 Å². The zero-order valence-electron chi connectivity index (χ0n) is 28.6. The Morgan fingerprint density at radius 3 is 1.48 bits per heavy atom. The van der Waals surface area contributed by atoms with E-state index in [1.165, 1.54) is 21.9 Å². The van der Waals surface area contributed by atoms with Crippen LogP contribution >= 0.6 is 0 Å². The molecule has 0 spiro atoms. The first-order valence-corrected chi connectivity index (χ1v) is 17.6. The van der Waals surface area contributed by atoms with Crippen molar-refractivity contribution in [3.63, 3.8) is 0 Å². The lowest BCUT2D eigenvalue weighted by atomic mass is 9.93. The summed E-state index contributed by atoms with van der Waals surface area (Å²) in [6, 6.07) is 49.2. The standard InChI is InChI=1S/C48H30N2O2/c1-27-17-19-36-40(21-27)41-22-28(2)18-20-37(41)46-45(36)49-26-42(50-46)31-24-29(32-11-7-13-38-34-9-3-5-15-43(34)51-47(32)38)23-30(25-31)33-12-8-14-39-35-10-4-6-16-44(35)52-48(33)39/h3-26H,1-2H3. The molecule has 11 aromatic rings. The molecule has 0 radical (unpaired) electrons. The molecule has 0 aliphatic carbocycles. The smallest absolute Gasteiger partial charge is 0.143 e. The molecule has 0 amide bonds. The molecule has 8 aromatic carbocycles. The van der Waals surface area contributed by atoms with E-state index in [2.05, 4.69) is 129 Å². The van der Waals surface area contributed by atoms with E-state index in [0.29, 0.717) is 0 Å². The van der Waals surface area contributed by atoms with Gasteiger partial charge in [-0.2, -0.15) is 0 Å². The van der Waals surface area contributed by atoms with Gasteiger partial charge in [-0.15, -0.1) is 0 Å². The van der Waals surface area contributed by atoms with Gasteiger partial charge < -0.3 is 8.83 Å². The highest BCUT2D eigenvalue weighted by atomic mass is 16.3. The number of aromatic nitrogens is 2. The summed E-state index contributed by atoms with van der Waals surface area (Å²) in [5.74, 6) is 0. The summed E-state index contributed by atoms with van der Waals surface area (Å²) < 4.78 is 13.1. The molecule has 0 aliphatic heterocycles. The molecular weight excluding hydrogens is 637 g/mol. The molecule has 0 saturated heterocycles. The van der Waals surface area contributed by atoms with E-state index in [9.17, 15) is 0 Å². The fourth-order valence-corrected chi connectivity index (χ4v) is 8.12. The Kier molecular flexibility index (Phi) is 6.06. The highest BCUT2D eigenvalue weighted by Gasteiger charge is 2.19. The largest absolute Gasteiger partial charge is 0.455 e. The highest BCUT2D eigenvalue weighted by Crippen LogP contribution is 2.42. The van der Waals surface area contributed by atoms with Crippen LogP contribution in [0.2, 0.25) is 0 Å². The van der Waals surface area contributed by atoms with Crippen LogP contribution in [-0.2, 0) is 0 Å². The lowest BCUT2D eigenvalue weighted by molar-refractivity contribution is 0.670. The minimum absolute atomic E-state index is 0.803. The predicted octanol–water partition coefficient (Wildman–Crippen LogP) is 13.4.